The summed E-state index contributed by atoms with van der Waals surface area (Å²) >= 11 is 0. The molecule has 0 heterocycles. The molecule has 7 nitrogen and oxygen atoms in total. The van der Waals surface area contributed by atoms with Crippen molar-refractivity contribution in [2.75, 3.05) is 6.61 Å². The molecule has 184 valence electrons. The normalized spacial score (nSPS) is 33.1. The van der Waals surface area contributed by atoms with Crippen molar-refractivity contribution < 1.29 is 45.2 Å². The van der Waals surface area contributed by atoms with E-state index in [2.05, 4.69) is 0 Å². The van der Waals surface area contributed by atoms with E-state index >= 15 is 0 Å². The van der Waals surface area contributed by atoms with E-state index in [4.69, 9.17) is 9.47 Å². The number of hydrogen-bond donors (Lipinski definition) is 0. The van der Waals surface area contributed by atoms with Gasteiger partial charge in [-0.05, 0) is 64.2 Å². The molecule has 4 fully saturated rings. The van der Waals surface area contributed by atoms with Crippen LogP contribution in [0, 0.1) is 22.7 Å². The fraction of sp³-hybridized carbons (Fsp3) is 0.905. The number of ether oxygens (including phenoxy) is 2. The molecule has 0 aromatic rings. The smallest absolute Gasteiger partial charge is 0.364 e. The van der Waals surface area contributed by atoms with Gasteiger partial charge >= 0.3 is 17.2 Å². The molecule has 0 amide bonds. The fourth-order valence-corrected chi connectivity index (χ4v) is 6.18. The van der Waals surface area contributed by atoms with Gasteiger partial charge in [-0.2, -0.15) is 8.78 Å². The number of halogens is 3. The summed E-state index contributed by atoms with van der Waals surface area (Å²) < 4.78 is 83.0. The molecule has 0 aromatic heterocycles. The van der Waals surface area contributed by atoms with Crippen molar-refractivity contribution in [1.82, 2.24) is 0 Å². The maximum absolute atomic E-state index is 13.7. The Morgan fingerprint density at radius 3 is 2.22 bits per heavy atom. The van der Waals surface area contributed by atoms with Gasteiger partial charge in [-0.1, -0.05) is 6.92 Å². The highest BCUT2D eigenvalue weighted by molar-refractivity contribution is 7.86. The van der Waals surface area contributed by atoms with Gasteiger partial charge in [0.05, 0.1) is 17.4 Å². The second kappa shape index (κ2) is 8.14. The van der Waals surface area contributed by atoms with Crippen LogP contribution in [0.4, 0.5) is 13.2 Å². The third kappa shape index (κ3) is 4.51. The summed E-state index contributed by atoms with van der Waals surface area (Å²) in [5.74, 6) is -0.690. The molecule has 3 atom stereocenters. The van der Waals surface area contributed by atoms with Crippen molar-refractivity contribution >= 4 is 22.1 Å². The second-order valence-electron chi connectivity index (χ2n) is 10.5. The highest BCUT2D eigenvalue weighted by atomic mass is 32.2. The molecule has 4 saturated carbocycles. The molecule has 0 radical (unpaired) electrons. The van der Waals surface area contributed by atoms with Gasteiger partial charge in [0.15, 0.2) is 16.3 Å². The van der Waals surface area contributed by atoms with Gasteiger partial charge in [-0.3, -0.25) is 9.59 Å². The Labute approximate surface area is 186 Å². The molecule has 0 aromatic carbocycles. The number of esters is 2. The van der Waals surface area contributed by atoms with Crippen LogP contribution >= 0.6 is 0 Å². The van der Waals surface area contributed by atoms with Gasteiger partial charge in [0.2, 0.25) is 0 Å². The standard InChI is InChI=1S/C21H31F3O7S/c1-4-18(2,3)16(25)31-20-10-13-7-14(11-20)9-19(8-13,12-20)17(26)30-6-5-15(22)21(23,24)32(27,28)29/h13-15H,4-12H2,1-3H3,(H,27,28,29)/p-1. The summed E-state index contributed by atoms with van der Waals surface area (Å²) in [7, 11) is -6.17. The first-order chi connectivity index (χ1) is 14.6. The van der Waals surface area contributed by atoms with E-state index in [1.165, 1.54) is 0 Å². The molecule has 3 unspecified atom stereocenters. The molecule has 11 heteroatoms. The maximum Gasteiger partial charge on any atom is 0.364 e. The van der Waals surface area contributed by atoms with Crippen molar-refractivity contribution in [3.8, 4) is 0 Å². The first-order valence-electron chi connectivity index (χ1n) is 10.9. The van der Waals surface area contributed by atoms with Crippen LogP contribution in [0.1, 0.15) is 72.1 Å². The average molecular weight is 484 g/mol. The van der Waals surface area contributed by atoms with E-state index < -0.39 is 57.0 Å². The van der Waals surface area contributed by atoms with E-state index in [9.17, 15) is 35.7 Å². The van der Waals surface area contributed by atoms with Crippen molar-refractivity contribution in [3.63, 3.8) is 0 Å². The molecular formula is C21H30F3O7S-. The first-order valence-corrected chi connectivity index (χ1v) is 12.3. The first kappa shape index (κ1) is 25.3. The molecule has 4 aliphatic carbocycles. The maximum atomic E-state index is 13.7. The second-order valence-corrected chi connectivity index (χ2v) is 11.9. The van der Waals surface area contributed by atoms with Crippen LogP contribution < -0.4 is 0 Å². The Bertz CT molecular complexity index is 857. The average Bonchev–Trinajstić information content (AvgIpc) is 2.65. The van der Waals surface area contributed by atoms with Gasteiger partial charge in [0.1, 0.15) is 5.60 Å². The van der Waals surface area contributed by atoms with Crippen molar-refractivity contribution in [1.29, 1.82) is 0 Å². The lowest BCUT2D eigenvalue weighted by atomic mass is 9.48. The van der Waals surface area contributed by atoms with Gasteiger partial charge in [-0.15, -0.1) is 0 Å². The van der Waals surface area contributed by atoms with Crippen LogP contribution in [0.5, 0.6) is 0 Å². The van der Waals surface area contributed by atoms with Gasteiger partial charge < -0.3 is 14.0 Å². The molecule has 0 saturated heterocycles. The monoisotopic (exact) mass is 483 g/mol. The Morgan fingerprint density at radius 2 is 1.72 bits per heavy atom. The van der Waals surface area contributed by atoms with Crippen LogP contribution in [0.25, 0.3) is 0 Å². The topological polar surface area (TPSA) is 110 Å². The molecule has 0 aliphatic heterocycles. The lowest BCUT2D eigenvalue weighted by molar-refractivity contribution is -0.218. The summed E-state index contributed by atoms with van der Waals surface area (Å²) in [5.41, 5.74) is -2.39. The Balaban J connectivity index is 1.67. The lowest BCUT2D eigenvalue weighted by Gasteiger charge is -2.60. The molecular weight excluding hydrogens is 453 g/mol. The molecule has 0 spiro atoms. The summed E-state index contributed by atoms with van der Waals surface area (Å²) in [6, 6.07) is 0. The predicted molar refractivity (Wildman–Crippen MR) is 105 cm³/mol. The van der Waals surface area contributed by atoms with Crippen molar-refractivity contribution in [2.45, 2.75) is 89.2 Å². The van der Waals surface area contributed by atoms with Crippen LogP contribution in [0.15, 0.2) is 0 Å². The van der Waals surface area contributed by atoms with E-state index in [0.717, 1.165) is 6.42 Å². The van der Waals surface area contributed by atoms with Gasteiger partial charge in [0, 0.05) is 12.8 Å². The van der Waals surface area contributed by atoms with Crippen LogP contribution in [0.2, 0.25) is 0 Å². The zero-order chi connectivity index (χ0) is 24.2. The predicted octanol–water partition coefficient (Wildman–Crippen LogP) is 3.71. The van der Waals surface area contributed by atoms with Crippen molar-refractivity contribution in [3.05, 3.63) is 0 Å². The summed E-state index contributed by atoms with van der Waals surface area (Å²) in [6.45, 7) is 4.70. The molecule has 4 bridgehead atoms. The summed E-state index contributed by atoms with van der Waals surface area (Å²) in [6.07, 6.45) is -0.282. The van der Waals surface area contributed by atoms with E-state index in [1.807, 2.05) is 6.92 Å². The zero-order valence-electron chi connectivity index (χ0n) is 18.5. The number of carbonyl (C=O) groups excluding carboxylic acids is 2. The van der Waals surface area contributed by atoms with Crippen LogP contribution in [0.3, 0.4) is 0 Å². The molecule has 32 heavy (non-hydrogen) atoms. The van der Waals surface area contributed by atoms with E-state index in [1.54, 1.807) is 13.8 Å². The number of rotatable bonds is 9. The quantitative estimate of drug-likeness (QED) is 0.363. The summed E-state index contributed by atoms with van der Waals surface area (Å²) in [5, 5.41) is -5.09. The highest BCUT2D eigenvalue weighted by Gasteiger charge is 2.63. The zero-order valence-corrected chi connectivity index (χ0v) is 19.3. The largest absolute Gasteiger partial charge is 0.743 e. The third-order valence-electron chi connectivity index (χ3n) is 7.49. The van der Waals surface area contributed by atoms with Crippen molar-refractivity contribution in [2.24, 2.45) is 22.7 Å². The fourth-order valence-electron chi connectivity index (χ4n) is 5.75. The molecule has 0 N–H and O–H groups in total. The minimum atomic E-state index is -6.17. The SMILES string of the molecule is CCC(C)(C)C(=O)OC12CC3CC(C1)CC(C(=O)OCCC(F)C(F)(F)S(=O)(=O)[O-])(C3)C2. The number of carbonyl (C=O) groups is 2. The number of alkyl halides is 3. The van der Waals surface area contributed by atoms with Crippen LogP contribution in [-0.2, 0) is 29.2 Å². The Kier molecular flexibility index (Phi) is 6.43. The third-order valence-corrected chi connectivity index (χ3v) is 8.41. The van der Waals surface area contributed by atoms with E-state index in [-0.39, 0.29) is 24.2 Å². The Hall–Kier alpha value is -1.36. The van der Waals surface area contributed by atoms with Gasteiger partial charge in [-0.25, -0.2) is 12.8 Å². The lowest BCUT2D eigenvalue weighted by Crippen LogP contribution is -2.60. The summed E-state index contributed by atoms with van der Waals surface area (Å²) in [4.78, 5) is 25.7. The molecule has 4 aliphatic rings. The van der Waals surface area contributed by atoms with Crippen LogP contribution in [-0.4, -0.2) is 48.5 Å². The van der Waals surface area contributed by atoms with Gasteiger partial charge in [0.25, 0.3) is 0 Å². The van der Waals surface area contributed by atoms with E-state index in [0.29, 0.717) is 32.1 Å². The molecule has 4 rings (SSSR count). The number of hydrogen-bond acceptors (Lipinski definition) is 7. The minimum Gasteiger partial charge on any atom is -0.743 e. The Morgan fingerprint density at radius 1 is 1.16 bits per heavy atom. The minimum absolute atomic E-state index is 0.158. The highest BCUT2D eigenvalue weighted by Crippen LogP contribution is 2.63.